The van der Waals surface area contributed by atoms with Crippen LogP contribution in [0.25, 0.3) is 5.76 Å². The van der Waals surface area contributed by atoms with Crippen molar-refractivity contribution in [3.05, 3.63) is 101 Å². The third-order valence-corrected chi connectivity index (χ3v) is 5.46. The summed E-state index contributed by atoms with van der Waals surface area (Å²) in [5, 5.41) is 11.0. The van der Waals surface area contributed by atoms with E-state index in [1.54, 1.807) is 12.1 Å². The van der Waals surface area contributed by atoms with Gasteiger partial charge in [-0.2, -0.15) is 13.2 Å². The Hall–Kier alpha value is -4.14. The van der Waals surface area contributed by atoms with Crippen LogP contribution in [0.3, 0.4) is 0 Å². The predicted molar refractivity (Wildman–Crippen MR) is 116 cm³/mol. The van der Waals surface area contributed by atoms with Gasteiger partial charge in [-0.25, -0.2) is 4.39 Å². The number of rotatable bonds is 4. The number of hydrogen-bond donors (Lipinski definition) is 1. The number of alkyl halides is 3. The summed E-state index contributed by atoms with van der Waals surface area (Å²) in [6.45, 7) is 0. The monoisotopic (exact) mass is 471 g/mol. The number of carbonyl (C=O) groups excluding carboxylic acids is 2. The lowest BCUT2D eigenvalue weighted by Gasteiger charge is -2.26. The minimum absolute atomic E-state index is 0.0620. The SMILES string of the molecule is COc1cccc(/C(O)=C2\C(=O)C(=O)N(c3ccc(C(F)(F)F)cc3)C2c2ccccc2F)c1. The van der Waals surface area contributed by atoms with Crippen LogP contribution in [0.5, 0.6) is 5.75 Å². The van der Waals surface area contributed by atoms with Crippen molar-refractivity contribution >= 4 is 23.1 Å². The number of carbonyl (C=O) groups is 2. The fourth-order valence-electron chi connectivity index (χ4n) is 3.83. The second-order valence-electron chi connectivity index (χ2n) is 7.47. The second kappa shape index (κ2) is 8.66. The molecule has 1 saturated heterocycles. The van der Waals surface area contributed by atoms with Crippen LogP contribution in [0.2, 0.25) is 0 Å². The zero-order valence-electron chi connectivity index (χ0n) is 17.6. The number of ether oxygens (including phenoxy) is 1. The van der Waals surface area contributed by atoms with Gasteiger partial charge in [-0.1, -0.05) is 30.3 Å². The molecule has 1 atom stereocenters. The number of aliphatic hydroxyl groups excluding tert-OH is 1. The van der Waals surface area contributed by atoms with Gasteiger partial charge in [0, 0.05) is 16.8 Å². The summed E-state index contributed by atoms with van der Waals surface area (Å²) in [5.74, 6) is -3.18. The molecule has 34 heavy (non-hydrogen) atoms. The summed E-state index contributed by atoms with van der Waals surface area (Å²) < 4.78 is 59.0. The highest BCUT2D eigenvalue weighted by molar-refractivity contribution is 6.51. The molecule has 1 fully saturated rings. The van der Waals surface area contributed by atoms with E-state index in [1.165, 1.54) is 37.4 Å². The molecule has 1 amide bonds. The molecule has 0 bridgehead atoms. The van der Waals surface area contributed by atoms with E-state index in [0.29, 0.717) is 5.75 Å². The number of ketones is 1. The van der Waals surface area contributed by atoms with E-state index in [9.17, 15) is 32.3 Å². The minimum Gasteiger partial charge on any atom is -0.507 e. The van der Waals surface area contributed by atoms with Crippen LogP contribution < -0.4 is 9.64 Å². The molecule has 1 aliphatic rings. The highest BCUT2D eigenvalue weighted by atomic mass is 19.4. The van der Waals surface area contributed by atoms with E-state index in [0.717, 1.165) is 35.2 Å². The lowest BCUT2D eigenvalue weighted by atomic mass is 9.94. The molecule has 0 aromatic heterocycles. The fraction of sp³-hybridized carbons (Fsp3) is 0.120. The van der Waals surface area contributed by atoms with Gasteiger partial charge in [0.2, 0.25) is 0 Å². The Kier molecular flexibility index (Phi) is 5.87. The zero-order chi connectivity index (χ0) is 24.6. The van der Waals surface area contributed by atoms with Gasteiger partial charge < -0.3 is 9.84 Å². The van der Waals surface area contributed by atoms with Crippen molar-refractivity contribution in [1.29, 1.82) is 0 Å². The molecule has 0 radical (unpaired) electrons. The van der Waals surface area contributed by atoms with Crippen LogP contribution in [-0.2, 0) is 15.8 Å². The number of hydrogen-bond acceptors (Lipinski definition) is 4. The van der Waals surface area contributed by atoms with Gasteiger partial charge in [0.05, 0.1) is 24.3 Å². The Morgan fingerprint density at radius 2 is 1.65 bits per heavy atom. The maximum Gasteiger partial charge on any atom is 0.416 e. The molecule has 5 nitrogen and oxygen atoms in total. The van der Waals surface area contributed by atoms with Crippen molar-refractivity contribution in [2.45, 2.75) is 12.2 Å². The molecule has 174 valence electrons. The largest absolute Gasteiger partial charge is 0.507 e. The molecule has 0 spiro atoms. The lowest BCUT2D eigenvalue weighted by Crippen LogP contribution is -2.30. The summed E-state index contributed by atoms with van der Waals surface area (Å²) in [5.41, 5.74) is -1.37. The molecule has 0 saturated carbocycles. The molecule has 1 unspecified atom stereocenters. The molecule has 1 aliphatic heterocycles. The van der Waals surface area contributed by atoms with Crippen LogP contribution in [0, 0.1) is 5.82 Å². The topological polar surface area (TPSA) is 66.8 Å². The Morgan fingerprint density at radius 3 is 2.26 bits per heavy atom. The average molecular weight is 471 g/mol. The van der Waals surface area contributed by atoms with Crippen LogP contribution in [0.15, 0.2) is 78.4 Å². The lowest BCUT2D eigenvalue weighted by molar-refractivity contribution is -0.137. The van der Waals surface area contributed by atoms with E-state index in [2.05, 4.69) is 0 Å². The first-order valence-electron chi connectivity index (χ1n) is 10.0. The number of nitrogens with zero attached hydrogens (tertiary/aromatic N) is 1. The predicted octanol–water partition coefficient (Wildman–Crippen LogP) is 5.48. The van der Waals surface area contributed by atoms with Crippen molar-refractivity contribution in [2.75, 3.05) is 12.0 Å². The maximum absolute atomic E-state index is 14.8. The van der Waals surface area contributed by atoms with E-state index in [-0.39, 0.29) is 16.8 Å². The zero-order valence-corrected chi connectivity index (χ0v) is 17.6. The first-order chi connectivity index (χ1) is 16.1. The molecular formula is C25H17F4NO4. The summed E-state index contributed by atoms with van der Waals surface area (Å²) in [6, 6.07) is 13.6. The smallest absolute Gasteiger partial charge is 0.416 e. The number of benzene rings is 3. The molecule has 1 N–H and O–H groups in total. The number of aliphatic hydroxyl groups is 1. The molecule has 3 aromatic rings. The molecule has 9 heteroatoms. The van der Waals surface area contributed by atoms with Crippen molar-refractivity contribution < 1.29 is 37.0 Å². The second-order valence-corrected chi connectivity index (χ2v) is 7.47. The molecule has 0 aliphatic carbocycles. The van der Waals surface area contributed by atoms with E-state index in [4.69, 9.17) is 4.74 Å². The van der Waals surface area contributed by atoms with E-state index >= 15 is 0 Å². The third-order valence-electron chi connectivity index (χ3n) is 5.46. The molecule has 1 heterocycles. The highest BCUT2D eigenvalue weighted by Crippen LogP contribution is 2.43. The van der Waals surface area contributed by atoms with Gasteiger partial charge in [-0.05, 0) is 42.5 Å². The summed E-state index contributed by atoms with van der Waals surface area (Å²) in [7, 11) is 1.40. The average Bonchev–Trinajstić information content (AvgIpc) is 3.08. The van der Waals surface area contributed by atoms with Gasteiger partial charge >= 0.3 is 6.18 Å². The van der Waals surface area contributed by atoms with Crippen molar-refractivity contribution in [3.8, 4) is 5.75 Å². The third kappa shape index (κ3) is 4.00. The van der Waals surface area contributed by atoms with Crippen LogP contribution in [-0.4, -0.2) is 23.9 Å². The minimum atomic E-state index is -4.61. The van der Waals surface area contributed by atoms with Gasteiger partial charge in [0.15, 0.2) is 0 Å². The van der Waals surface area contributed by atoms with Crippen molar-refractivity contribution in [1.82, 2.24) is 0 Å². The molecule has 3 aromatic carbocycles. The highest BCUT2D eigenvalue weighted by Gasteiger charge is 2.48. The van der Waals surface area contributed by atoms with Gasteiger partial charge in [-0.3, -0.25) is 14.5 Å². The van der Waals surface area contributed by atoms with Gasteiger partial charge in [0.1, 0.15) is 17.3 Å². The number of halogens is 4. The number of Topliss-reactive ketones (excluding diaryl/α,β-unsaturated/α-hetero) is 1. The fourth-order valence-corrected chi connectivity index (χ4v) is 3.83. The molecular weight excluding hydrogens is 454 g/mol. The Morgan fingerprint density at radius 1 is 0.971 bits per heavy atom. The standard InChI is InChI=1S/C25H17F4NO4/c1-34-17-6-4-5-14(13-17)22(31)20-21(18-7-2-3-8-19(18)26)30(24(33)23(20)32)16-11-9-15(10-12-16)25(27,28)29/h2-13,21,31H,1H3/b22-20+. The summed E-state index contributed by atoms with van der Waals surface area (Å²) >= 11 is 0. The number of amides is 1. The Labute approximate surface area is 191 Å². The number of methoxy groups -OCH3 is 1. The van der Waals surface area contributed by atoms with Gasteiger partial charge in [0.25, 0.3) is 11.7 Å². The Bertz CT molecular complexity index is 1300. The quantitative estimate of drug-likeness (QED) is 0.237. The number of anilines is 1. The maximum atomic E-state index is 14.8. The molecule has 4 rings (SSSR count). The summed E-state index contributed by atoms with van der Waals surface area (Å²) in [4.78, 5) is 26.9. The normalized spacial score (nSPS) is 17.8. The van der Waals surface area contributed by atoms with Gasteiger partial charge in [-0.15, -0.1) is 0 Å². The first-order valence-corrected chi connectivity index (χ1v) is 10.0. The van der Waals surface area contributed by atoms with Crippen LogP contribution >= 0.6 is 0 Å². The van der Waals surface area contributed by atoms with E-state index < -0.39 is 46.6 Å². The van der Waals surface area contributed by atoms with Crippen LogP contribution in [0.4, 0.5) is 23.2 Å². The van der Waals surface area contributed by atoms with Crippen molar-refractivity contribution in [3.63, 3.8) is 0 Å². The van der Waals surface area contributed by atoms with Crippen LogP contribution in [0.1, 0.15) is 22.7 Å². The van der Waals surface area contributed by atoms with E-state index in [1.807, 2.05) is 0 Å². The Balaban J connectivity index is 1.93. The summed E-state index contributed by atoms with van der Waals surface area (Å²) in [6.07, 6.45) is -4.61. The first kappa shape index (κ1) is 23.0. The van der Waals surface area contributed by atoms with Crippen molar-refractivity contribution in [2.24, 2.45) is 0 Å².